The van der Waals surface area contributed by atoms with Crippen molar-refractivity contribution in [3.8, 4) is 17.2 Å². The standard InChI is InChI=1S/C26H33ClN2O4.ClH/c1-31-20-7-4-18(5-8-20)3-2-12-29-13-10-19(11-14-29)6-9-23(30)21-17-22(27)24(28)26-25(21)32-15-16-33-26;/h4-5,7-8,17,19H,2-3,6,9-16,28H2,1H3;1H. The summed E-state index contributed by atoms with van der Waals surface area (Å²) in [7, 11) is 1.69. The maximum atomic E-state index is 13.0. The fraction of sp³-hybridized carbons (Fsp3) is 0.500. The molecule has 0 saturated carbocycles. The highest BCUT2D eigenvalue weighted by Crippen LogP contribution is 2.44. The van der Waals surface area contributed by atoms with Crippen LogP contribution < -0.4 is 19.9 Å². The van der Waals surface area contributed by atoms with Crippen LogP contribution in [-0.2, 0) is 6.42 Å². The molecule has 0 amide bonds. The summed E-state index contributed by atoms with van der Waals surface area (Å²) in [5.74, 6) is 2.36. The Balaban J connectivity index is 0.00000324. The largest absolute Gasteiger partial charge is 0.497 e. The number of Topliss-reactive ketones (excluding diaryl/α,β-unsaturated/α-hetero) is 1. The average molecular weight is 509 g/mol. The number of nitrogens with zero attached hydrogens (tertiary/aromatic N) is 1. The number of anilines is 1. The highest BCUT2D eigenvalue weighted by molar-refractivity contribution is 6.34. The van der Waals surface area contributed by atoms with Crippen molar-refractivity contribution in [2.24, 2.45) is 5.92 Å². The third kappa shape index (κ3) is 6.49. The van der Waals surface area contributed by atoms with Crippen molar-refractivity contribution < 1.29 is 19.0 Å². The monoisotopic (exact) mass is 508 g/mol. The lowest BCUT2D eigenvalue weighted by Gasteiger charge is -2.32. The summed E-state index contributed by atoms with van der Waals surface area (Å²) in [6.07, 6.45) is 5.87. The Morgan fingerprint density at radius 3 is 2.50 bits per heavy atom. The molecule has 34 heavy (non-hydrogen) atoms. The van der Waals surface area contributed by atoms with Crippen molar-refractivity contribution in [1.29, 1.82) is 0 Å². The summed E-state index contributed by atoms with van der Waals surface area (Å²) in [6.45, 7) is 4.13. The number of piperidine rings is 1. The molecule has 2 aliphatic heterocycles. The number of rotatable bonds is 9. The summed E-state index contributed by atoms with van der Waals surface area (Å²) in [5.41, 5.74) is 8.17. The fourth-order valence-electron chi connectivity index (χ4n) is 4.67. The van der Waals surface area contributed by atoms with Crippen LogP contribution in [0.3, 0.4) is 0 Å². The molecule has 0 radical (unpaired) electrons. The second kappa shape index (κ2) is 12.5. The van der Waals surface area contributed by atoms with E-state index in [2.05, 4.69) is 17.0 Å². The van der Waals surface area contributed by atoms with E-state index in [0.717, 1.165) is 57.5 Å². The highest BCUT2D eigenvalue weighted by Gasteiger charge is 2.26. The number of likely N-dealkylation sites (tertiary alicyclic amines) is 1. The van der Waals surface area contributed by atoms with Crippen molar-refractivity contribution >= 4 is 35.5 Å². The summed E-state index contributed by atoms with van der Waals surface area (Å²) in [6, 6.07) is 9.96. The predicted molar refractivity (Wildman–Crippen MR) is 138 cm³/mol. The molecule has 2 aromatic rings. The van der Waals surface area contributed by atoms with Crippen LogP contribution >= 0.6 is 24.0 Å². The van der Waals surface area contributed by atoms with Gasteiger partial charge in [0.1, 0.15) is 19.0 Å². The van der Waals surface area contributed by atoms with E-state index in [0.29, 0.717) is 53.3 Å². The minimum absolute atomic E-state index is 0. The number of methoxy groups -OCH3 is 1. The van der Waals surface area contributed by atoms with Crippen LogP contribution in [0.15, 0.2) is 30.3 Å². The predicted octanol–water partition coefficient (Wildman–Crippen LogP) is 5.43. The topological polar surface area (TPSA) is 74.0 Å². The van der Waals surface area contributed by atoms with Gasteiger partial charge in [-0.3, -0.25) is 4.79 Å². The smallest absolute Gasteiger partial charge is 0.186 e. The van der Waals surface area contributed by atoms with Gasteiger partial charge >= 0.3 is 0 Å². The Hall–Kier alpha value is -2.15. The van der Waals surface area contributed by atoms with Crippen molar-refractivity contribution in [3.05, 3.63) is 46.5 Å². The first-order valence-corrected chi connectivity index (χ1v) is 12.2. The molecule has 1 fully saturated rings. The third-order valence-corrected chi connectivity index (χ3v) is 7.00. The van der Waals surface area contributed by atoms with Gasteiger partial charge in [0.25, 0.3) is 0 Å². The number of ketones is 1. The first-order chi connectivity index (χ1) is 16.0. The molecular formula is C26H34Cl2N2O4. The molecule has 2 aromatic carbocycles. The van der Waals surface area contributed by atoms with Gasteiger partial charge in [-0.1, -0.05) is 23.7 Å². The highest BCUT2D eigenvalue weighted by atomic mass is 35.5. The van der Waals surface area contributed by atoms with E-state index in [-0.39, 0.29) is 18.2 Å². The number of benzene rings is 2. The first-order valence-electron chi connectivity index (χ1n) is 11.8. The Bertz CT molecular complexity index is 960. The zero-order chi connectivity index (χ0) is 23.2. The minimum atomic E-state index is 0. The summed E-state index contributed by atoms with van der Waals surface area (Å²) < 4.78 is 16.5. The molecule has 0 bridgehead atoms. The SMILES string of the molecule is COc1ccc(CCCN2CCC(CCC(=O)c3cc(Cl)c(N)c4c3OCCO4)CC2)cc1.Cl. The van der Waals surface area contributed by atoms with Crippen LogP contribution in [0.25, 0.3) is 0 Å². The molecule has 4 rings (SSSR count). The number of carbonyl (C=O) groups is 1. The molecule has 2 N–H and O–H groups in total. The van der Waals surface area contributed by atoms with E-state index in [1.54, 1.807) is 13.2 Å². The van der Waals surface area contributed by atoms with Gasteiger partial charge in [0.15, 0.2) is 17.3 Å². The number of nitrogen functional groups attached to an aromatic ring is 1. The Kier molecular flexibility index (Phi) is 9.74. The van der Waals surface area contributed by atoms with Crippen LogP contribution in [0.2, 0.25) is 5.02 Å². The van der Waals surface area contributed by atoms with E-state index >= 15 is 0 Å². The number of nitrogens with two attached hydrogens (primary N) is 1. The number of fused-ring (bicyclic) bond motifs is 1. The molecule has 2 aliphatic rings. The van der Waals surface area contributed by atoms with Gasteiger partial charge in [-0.05, 0) is 81.4 Å². The van der Waals surface area contributed by atoms with Crippen LogP contribution in [0, 0.1) is 5.92 Å². The maximum absolute atomic E-state index is 13.0. The zero-order valence-electron chi connectivity index (χ0n) is 19.7. The molecule has 6 nitrogen and oxygen atoms in total. The zero-order valence-corrected chi connectivity index (χ0v) is 21.3. The van der Waals surface area contributed by atoms with E-state index in [4.69, 9.17) is 31.5 Å². The molecule has 0 atom stereocenters. The van der Waals surface area contributed by atoms with Gasteiger partial charge in [-0.25, -0.2) is 0 Å². The van der Waals surface area contributed by atoms with Gasteiger partial charge in [0.05, 0.1) is 23.4 Å². The molecule has 0 aliphatic carbocycles. The molecule has 8 heteroatoms. The molecule has 186 valence electrons. The lowest BCUT2D eigenvalue weighted by molar-refractivity contribution is 0.0951. The summed E-state index contributed by atoms with van der Waals surface area (Å²) >= 11 is 6.23. The number of ether oxygens (including phenoxy) is 3. The van der Waals surface area contributed by atoms with E-state index in [9.17, 15) is 4.79 Å². The fourth-order valence-corrected chi connectivity index (χ4v) is 4.87. The maximum Gasteiger partial charge on any atom is 0.186 e. The van der Waals surface area contributed by atoms with Gasteiger partial charge in [-0.15, -0.1) is 12.4 Å². The van der Waals surface area contributed by atoms with Crippen molar-refractivity contribution in [3.63, 3.8) is 0 Å². The molecule has 2 heterocycles. The van der Waals surface area contributed by atoms with Gasteiger partial charge < -0.3 is 24.8 Å². The minimum Gasteiger partial charge on any atom is -0.497 e. The van der Waals surface area contributed by atoms with Gasteiger partial charge in [-0.2, -0.15) is 0 Å². The van der Waals surface area contributed by atoms with Gasteiger partial charge in [0, 0.05) is 6.42 Å². The number of carbonyl (C=O) groups excluding carboxylic acids is 1. The second-order valence-corrected chi connectivity index (χ2v) is 9.28. The van der Waals surface area contributed by atoms with Crippen molar-refractivity contribution in [2.75, 3.05) is 45.7 Å². The van der Waals surface area contributed by atoms with Crippen LogP contribution in [0.4, 0.5) is 5.69 Å². The van der Waals surface area contributed by atoms with E-state index in [1.165, 1.54) is 5.56 Å². The Morgan fingerprint density at radius 1 is 1.15 bits per heavy atom. The normalized spacial score (nSPS) is 16.1. The van der Waals surface area contributed by atoms with Crippen molar-refractivity contribution in [2.45, 2.75) is 38.5 Å². The summed E-state index contributed by atoms with van der Waals surface area (Å²) in [4.78, 5) is 15.5. The third-order valence-electron chi connectivity index (χ3n) is 6.69. The van der Waals surface area contributed by atoms with Crippen LogP contribution in [0.1, 0.15) is 48.0 Å². The summed E-state index contributed by atoms with van der Waals surface area (Å²) in [5, 5.41) is 0.338. The van der Waals surface area contributed by atoms with Gasteiger partial charge in [0.2, 0.25) is 0 Å². The lowest BCUT2D eigenvalue weighted by atomic mass is 9.90. The first kappa shape index (κ1) is 26.5. The van der Waals surface area contributed by atoms with Crippen LogP contribution in [0.5, 0.6) is 17.2 Å². The van der Waals surface area contributed by atoms with Crippen molar-refractivity contribution in [1.82, 2.24) is 4.90 Å². The number of aryl methyl sites for hydroxylation is 1. The number of hydrogen-bond acceptors (Lipinski definition) is 6. The lowest BCUT2D eigenvalue weighted by Crippen LogP contribution is -2.34. The molecule has 1 saturated heterocycles. The Labute approximate surface area is 213 Å². The number of hydrogen-bond donors (Lipinski definition) is 1. The Morgan fingerprint density at radius 2 is 1.82 bits per heavy atom. The average Bonchev–Trinajstić information content (AvgIpc) is 2.86. The number of halogens is 2. The molecule has 0 spiro atoms. The molecule has 0 unspecified atom stereocenters. The van der Waals surface area contributed by atoms with E-state index in [1.807, 2.05) is 12.1 Å². The van der Waals surface area contributed by atoms with Crippen LogP contribution in [-0.4, -0.2) is 50.6 Å². The molecule has 0 aromatic heterocycles. The van der Waals surface area contributed by atoms with E-state index < -0.39 is 0 Å². The second-order valence-electron chi connectivity index (χ2n) is 8.87. The molecular weight excluding hydrogens is 475 g/mol. The quantitative estimate of drug-likeness (QED) is 0.359.